The number of piperazine rings is 1. The van der Waals surface area contributed by atoms with E-state index in [4.69, 9.17) is 0 Å². The molecule has 8 nitrogen and oxygen atoms in total. The van der Waals surface area contributed by atoms with Crippen LogP contribution in [0.25, 0.3) is 0 Å². The summed E-state index contributed by atoms with van der Waals surface area (Å²) < 4.78 is 27.9. The number of nitrogens with zero attached hydrogens (tertiary/aromatic N) is 3. The summed E-state index contributed by atoms with van der Waals surface area (Å²) in [6.45, 7) is 4.48. The summed E-state index contributed by atoms with van der Waals surface area (Å²) in [5, 5.41) is 9.78. The Kier molecular flexibility index (Phi) is 6.00. The van der Waals surface area contributed by atoms with Crippen molar-refractivity contribution in [1.82, 2.24) is 4.98 Å². The third-order valence-electron chi connectivity index (χ3n) is 5.37. The van der Waals surface area contributed by atoms with Crippen LogP contribution in [-0.4, -0.2) is 50.7 Å². The van der Waals surface area contributed by atoms with E-state index in [1.165, 1.54) is 12.1 Å². The minimum Gasteiger partial charge on any atom is -0.478 e. The second kappa shape index (κ2) is 8.88. The predicted molar refractivity (Wildman–Crippen MR) is 124 cm³/mol. The Morgan fingerprint density at radius 1 is 0.969 bits per heavy atom. The van der Waals surface area contributed by atoms with E-state index < -0.39 is 16.0 Å². The highest BCUT2D eigenvalue weighted by Crippen LogP contribution is 2.28. The van der Waals surface area contributed by atoms with Gasteiger partial charge in [-0.2, -0.15) is 0 Å². The molecule has 2 aromatic carbocycles. The monoisotopic (exact) mass is 452 g/mol. The molecule has 0 amide bonds. The molecule has 0 radical (unpaired) electrons. The maximum atomic E-state index is 12.7. The first-order valence-electron chi connectivity index (χ1n) is 10.2. The molecule has 1 aliphatic heterocycles. The number of aryl methyl sites for hydroxylation is 1. The summed E-state index contributed by atoms with van der Waals surface area (Å²) in [6.07, 6.45) is 1.75. The average molecular weight is 453 g/mol. The molecule has 1 aromatic heterocycles. The molecule has 0 atom stereocenters. The first-order chi connectivity index (χ1) is 15.3. The molecule has 0 spiro atoms. The molecule has 1 fully saturated rings. The summed E-state index contributed by atoms with van der Waals surface area (Å²) in [4.78, 5) is 20.6. The van der Waals surface area contributed by atoms with Gasteiger partial charge in [-0.25, -0.2) is 18.2 Å². The van der Waals surface area contributed by atoms with Gasteiger partial charge in [0, 0.05) is 38.1 Å². The third kappa shape index (κ3) is 4.67. The van der Waals surface area contributed by atoms with Gasteiger partial charge in [-0.1, -0.05) is 18.2 Å². The molecule has 1 saturated heterocycles. The number of hydrogen-bond donors (Lipinski definition) is 2. The highest BCUT2D eigenvalue weighted by molar-refractivity contribution is 7.92. The molecule has 0 saturated carbocycles. The molecule has 166 valence electrons. The molecular weight excluding hydrogens is 428 g/mol. The topological polar surface area (TPSA) is 103 Å². The van der Waals surface area contributed by atoms with Crippen molar-refractivity contribution in [2.45, 2.75) is 11.8 Å². The summed E-state index contributed by atoms with van der Waals surface area (Å²) in [5.74, 6) is -0.213. The van der Waals surface area contributed by atoms with E-state index in [-0.39, 0.29) is 16.1 Å². The second-order valence-corrected chi connectivity index (χ2v) is 9.30. The van der Waals surface area contributed by atoms with Crippen LogP contribution in [0.4, 0.5) is 17.2 Å². The smallest absolute Gasteiger partial charge is 0.337 e. The van der Waals surface area contributed by atoms with Gasteiger partial charge in [0.1, 0.15) is 5.82 Å². The Morgan fingerprint density at radius 2 is 1.72 bits per heavy atom. The number of hydrogen-bond acceptors (Lipinski definition) is 6. The van der Waals surface area contributed by atoms with Gasteiger partial charge in [-0.15, -0.1) is 0 Å². The Morgan fingerprint density at radius 3 is 2.38 bits per heavy atom. The number of anilines is 3. The molecular formula is C23H24N4O4S. The van der Waals surface area contributed by atoms with Crippen LogP contribution in [0.1, 0.15) is 15.9 Å². The zero-order valence-electron chi connectivity index (χ0n) is 17.6. The van der Waals surface area contributed by atoms with Crippen molar-refractivity contribution in [3.63, 3.8) is 0 Å². The van der Waals surface area contributed by atoms with Crippen molar-refractivity contribution in [2.75, 3.05) is 40.7 Å². The molecule has 4 rings (SSSR count). The first-order valence-corrected chi connectivity index (χ1v) is 11.7. The lowest BCUT2D eigenvalue weighted by Gasteiger charge is -2.37. The molecule has 1 aliphatic rings. The summed E-state index contributed by atoms with van der Waals surface area (Å²) >= 11 is 0. The Hall–Kier alpha value is -3.59. The van der Waals surface area contributed by atoms with Crippen molar-refractivity contribution in [3.05, 3.63) is 78.0 Å². The van der Waals surface area contributed by atoms with Crippen LogP contribution in [0.2, 0.25) is 0 Å². The number of carboxylic acid groups (broad SMARTS) is 1. The van der Waals surface area contributed by atoms with Gasteiger partial charge < -0.3 is 14.9 Å². The van der Waals surface area contributed by atoms with E-state index in [0.717, 1.165) is 11.4 Å². The summed E-state index contributed by atoms with van der Waals surface area (Å²) in [6, 6.07) is 16.9. The minimum atomic E-state index is -3.82. The normalized spacial score (nSPS) is 14.3. The molecule has 0 bridgehead atoms. The van der Waals surface area contributed by atoms with Gasteiger partial charge in [-0.3, -0.25) is 4.72 Å². The van der Waals surface area contributed by atoms with Crippen LogP contribution >= 0.6 is 0 Å². The molecule has 32 heavy (non-hydrogen) atoms. The van der Waals surface area contributed by atoms with E-state index in [1.54, 1.807) is 30.5 Å². The van der Waals surface area contributed by atoms with E-state index in [1.807, 2.05) is 36.1 Å². The largest absolute Gasteiger partial charge is 0.478 e. The van der Waals surface area contributed by atoms with Gasteiger partial charge in [0.15, 0.2) is 0 Å². The van der Waals surface area contributed by atoms with E-state index >= 15 is 0 Å². The van der Waals surface area contributed by atoms with Gasteiger partial charge in [0.05, 0.1) is 16.1 Å². The number of nitrogens with one attached hydrogen (secondary N) is 1. The van der Waals surface area contributed by atoms with Gasteiger partial charge in [0.2, 0.25) is 0 Å². The number of carboxylic acids is 1. The number of aromatic carboxylic acids is 1. The van der Waals surface area contributed by atoms with Crippen LogP contribution in [0.5, 0.6) is 0 Å². The lowest BCUT2D eigenvalue weighted by Crippen LogP contribution is -2.47. The van der Waals surface area contributed by atoms with Crippen LogP contribution in [-0.2, 0) is 10.0 Å². The predicted octanol–water partition coefficient (Wildman–Crippen LogP) is 3.22. The van der Waals surface area contributed by atoms with Crippen LogP contribution in [0, 0.1) is 6.92 Å². The fourth-order valence-corrected chi connectivity index (χ4v) is 4.91. The Balaban J connectivity index is 1.53. The second-order valence-electron chi connectivity index (χ2n) is 7.62. The maximum Gasteiger partial charge on any atom is 0.337 e. The fraction of sp³-hybridized carbons (Fsp3) is 0.217. The zero-order valence-corrected chi connectivity index (χ0v) is 18.4. The van der Waals surface area contributed by atoms with E-state index in [2.05, 4.69) is 14.6 Å². The van der Waals surface area contributed by atoms with Gasteiger partial charge in [0.25, 0.3) is 10.0 Å². The molecule has 3 aromatic rings. The van der Waals surface area contributed by atoms with Gasteiger partial charge in [-0.05, 0) is 55.0 Å². The first kappa shape index (κ1) is 21.6. The van der Waals surface area contributed by atoms with Crippen LogP contribution in [0.15, 0.2) is 71.8 Å². The Bertz CT molecular complexity index is 1220. The van der Waals surface area contributed by atoms with Gasteiger partial charge >= 0.3 is 5.97 Å². The number of carbonyl (C=O) groups is 1. The maximum absolute atomic E-state index is 12.7. The highest BCUT2D eigenvalue weighted by atomic mass is 32.2. The highest BCUT2D eigenvalue weighted by Gasteiger charge is 2.23. The summed E-state index contributed by atoms with van der Waals surface area (Å²) in [5.41, 5.74) is 1.65. The molecule has 9 heteroatoms. The SMILES string of the molecule is Cc1cccc(S(=O)(=O)Nc2ccc(N3CCN(c4ccccn4)CC3)c(C(=O)O)c2)c1. The minimum absolute atomic E-state index is 0.0562. The van der Waals surface area contributed by atoms with Crippen LogP contribution in [0.3, 0.4) is 0 Å². The van der Waals surface area contributed by atoms with E-state index in [9.17, 15) is 18.3 Å². The number of pyridine rings is 1. The average Bonchev–Trinajstić information content (AvgIpc) is 2.79. The molecule has 2 N–H and O–H groups in total. The Labute approximate surface area is 187 Å². The van der Waals surface area contributed by atoms with E-state index in [0.29, 0.717) is 31.9 Å². The van der Waals surface area contributed by atoms with Crippen molar-refractivity contribution in [3.8, 4) is 0 Å². The summed E-state index contributed by atoms with van der Waals surface area (Å²) in [7, 11) is -3.82. The van der Waals surface area contributed by atoms with Crippen LogP contribution < -0.4 is 14.5 Å². The lowest BCUT2D eigenvalue weighted by atomic mass is 10.1. The van der Waals surface area contributed by atoms with Crippen molar-refractivity contribution in [2.24, 2.45) is 0 Å². The number of sulfonamides is 1. The van der Waals surface area contributed by atoms with Crippen molar-refractivity contribution >= 4 is 33.2 Å². The third-order valence-corrected chi connectivity index (χ3v) is 6.75. The molecule has 0 unspecified atom stereocenters. The van der Waals surface area contributed by atoms with Crippen molar-refractivity contribution < 1.29 is 18.3 Å². The number of benzene rings is 2. The quantitative estimate of drug-likeness (QED) is 0.592. The number of rotatable bonds is 6. The standard InChI is InChI=1S/C23H24N4O4S/c1-17-5-4-6-19(15-17)32(30,31)25-18-8-9-21(20(16-18)23(28)29)26-11-13-27(14-12-26)22-7-2-3-10-24-22/h2-10,15-16,25H,11-14H2,1H3,(H,28,29). The molecule has 2 heterocycles. The van der Waals surface area contributed by atoms with Crippen molar-refractivity contribution in [1.29, 1.82) is 0 Å². The number of aromatic nitrogens is 1. The molecule has 0 aliphatic carbocycles. The lowest BCUT2D eigenvalue weighted by molar-refractivity contribution is 0.0697. The fourth-order valence-electron chi connectivity index (χ4n) is 3.76. The zero-order chi connectivity index (χ0) is 22.7.